The van der Waals surface area contributed by atoms with Crippen molar-refractivity contribution in [3.05, 3.63) is 0 Å². The van der Waals surface area contributed by atoms with Gasteiger partial charge in [0.15, 0.2) is 0 Å². The molecule has 0 amide bonds. The molecule has 3 saturated heterocycles. The van der Waals surface area contributed by atoms with Gasteiger partial charge in [-0.25, -0.2) is 0 Å². The van der Waals surface area contributed by atoms with E-state index >= 15 is 0 Å². The summed E-state index contributed by atoms with van der Waals surface area (Å²) in [7, 11) is -10.8. The van der Waals surface area contributed by atoms with Gasteiger partial charge in [0.05, 0.1) is 39.6 Å². The van der Waals surface area contributed by atoms with E-state index in [1.54, 1.807) is 0 Å². The number of rotatable bonds is 0. The van der Waals surface area contributed by atoms with Crippen LogP contribution in [-0.4, -0.2) is 39.6 Å². The minimum absolute atomic E-state index is 1.00. The Hall–Kier alpha value is 2.06. The number of ether oxygens (including phenoxy) is 3. The van der Waals surface area contributed by atoms with Gasteiger partial charge in [0.1, 0.15) is 0 Å². The van der Waals surface area contributed by atoms with Gasteiger partial charge in [-0.05, 0) is 0 Å². The van der Waals surface area contributed by atoms with Crippen molar-refractivity contribution in [3.8, 4) is 0 Å². The van der Waals surface area contributed by atoms with Gasteiger partial charge in [-0.3, -0.25) is 0 Å². The molecule has 160 valence electrons. The van der Waals surface area contributed by atoms with Crippen molar-refractivity contribution in [2.45, 2.75) is 0 Å². The molecule has 0 aromatic heterocycles. The Bertz CT molecular complexity index is 417. The van der Waals surface area contributed by atoms with Crippen LogP contribution in [0, 0.1) is 83.5 Å². The Kier molecular flexibility index (Phi) is 48.6. The van der Waals surface area contributed by atoms with Gasteiger partial charge in [-0.2, -0.15) is 15.6 Å². The molecule has 0 aromatic carbocycles. The van der Waals surface area contributed by atoms with Crippen molar-refractivity contribution in [2.75, 3.05) is 39.6 Å². The zero-order valence-corrected chi connectivity index (χ0v) is 27.9. The first-order chi connectivity index (χ1) is 12.7. The normalized spacial score (nSPS) is 12.8. The summed E-state index contributed by atoms with van der Waals surface area (Å²) < 4.78 is 82.1. The molecule has 0 spiro atoms. The average Bonchev–Trinajstić information content (AvgIpc) is 3.31. The van der Waals surface area contributed by atoms with Crippen LogP contribution in [0.5, 0.6) is 0 Å². The number of phosphoric acid groups is 2. The molecule has 0 aliphatic carbocycles. The third-order valence-corrected chi connectivity index (χ3v) is 0.612. The summed E-state index contributed by atoms with van der Waals surface area (Å²) in [6.07, 6.45) is 0. The van der Waals surface area contributed by atoms with Crippen molar-refractivity contribution < 1.29 is 150 Å². The van der Waals surface area contributed by atoms with Gasteiger partial charge in [-0.1, -0.05) is 0 Å². The van der Waals surface area contributed by atoms with Crippen LogP contribution in [0.25, 0.3) is 0 Å². The summed E-state index contributed by atoms with van der Waals surface area (Å²) in [4.78, 5) is 51.3. The topological polar surface area (TPSA) is 313 Å². The van der Waals surface area contributed by atoms with Gasteiger partial charge < -0.3 is 52.7 Å². The summed E-state index contributed by atoms with van der Waals surface area (Å²) in [5.74, 6) is 0. The molecule has 0 unspecified atom stereocenters. The molecule has 0 aromatic rings. The Balaban J connectivity index is -0.0000000727. The van der Waals surface area contributed by atoms with Crippen molar-refractivity contribution >= 4 is 15.6 Å². The van der Waals surface area contributed by atoms with Crippen LogP contribution in [0.2, 0.25) is 0 Å². The first kappa shape index (κ1) is 40.4. The fraction of sp³-hybridized carbons (Fsp3) is 1.00. The van der Waals surface area contributed by atoms with Crippen molar-refractivity contribution in [3.63, 3.8) is 0 Å². The van der Waals surface area contributed by atoms with E-state index < -0.39 is 99.1 Å². The molecule has 0 bridgehead atoms. The summed E-state index contributed by atoms with van der Waals surface area (Å²) in [6.45, 7) is 6.00. The molecule has 0 N–H and O–H groups in total. The summed E-state index contributed by atoms with van der Waals surface area (Å²) >= 11 is -7.52. The van der Waals surface area contributed by atoms with Gasteiger partial charge >= 0.3 is 96.9 Å². The maximum absolute atomic E-state index is 8.58. The molecular formula is C6H12O17P2U3. The van der Waals surface area contributed by atoms with Gasteiger partial charge in [0, 0.05) is 0 Å². The molecule has 17 nitrogen and oxygen atoms in total. The van der Waals surface area contributed by atoms with Crippen LogP contribution in [0.4, 0.5) is 0 Å². The van der Waals surface area contributed by atoms with Crippen LogP contribution in [0.15, 0.2) is 0 Å². The van der Waals surface area contributed by atoms with E-state index in [1.807, 2.05) is 0 Å². The minimum atomic E-state index is -5.39. The SMILES string of the molecule is C1CO1.C1CO1.C1CO1.O=P([O-])([O-])[O-].O=P([O-])([O-])[O-].[O]=[U+2]=[O].[O]=[U+2]=[O].[O]=[U+2]=[O]. The summed E-state index contributed by atoms with van der Waals surface area (Å²) in [5.41, 5.74) is 0. The van der Waals surface area contributed by atoms with Crippen LogP contribution in [-0.2, 0) is 36.8 Å². The van der Waals surface area contributed by atoms with Crippen LogP contribution >= 0.6 is 15.6 Å². The fourth-order valence-corrected chi connectivity index (χ4v) is 0. The average molecular weight is 1130 g/mol. The molecule has 28 heavy (non-hydrogen) atoms. The first-order valence-corrected chi connectivity index (χ1v) is 19.0. The monoisotopic (exact) mass is 1130 g/mol. The predicted octanol–water partition coefficient (Wildman–Crippen LogP) is -6.31. The quantitative estimate of drug-likeness (QED) is 0.161. The molecule has 0 atom stereocenters. The zero-order chi connectivity index (χ0) is 23.5. The maximum atomic E-state index is 8.58. The summed E-state index contributed by atoms with van der Waals surface area (Å²) in [6, 6.07) is 0. The van der Waals surface area contributed by atoms with E-state index in [-0.39, 0.29) is 0 Å². The van der Waals surface area contributed by atoms with E-state index in [4.69, 9.17) is 51.9 Å². The Morgan fingerprint density at radius 1 is 0.464 bits per heavy atom. The van der Waals surface area contributed by atoms with Crippen molar-refractivity contribution in [1.82, 2.24) is 0 Å². The van der Waals surface area contributed by atoms with E-state index in [0.29, 0.717) is 0 Å². The molecule has 3 fully saturated rings. The standard InChI is InChI=1S/3C2H4O.2H3O4P.6O.3U/c3*1-2-3-1;2*1-5(2,3)4;;;;;;;;;/h3*1-2H2;2*(H3,1,2,3,4);;;;;;;;;/q;;;;;;;;;;;3*+2/p-6. The Morgan fingerprint density at radius 3 is 0.500 bits per heavy atom. The van der Waals surface area contributed by atoms with Crippen LogP contribution < -0.4 is 29.4 Å². The number of hydrogen-bond donors (Lipinski definition) is 0. The predicted molar refractivity (Wildman–Crippen MR) is 51.8 cm³/mol. The number of epoxide rings is 3. The molecule has 3 aliphatic heterocycles. The molecule has 3 heterocycles. The van der Waals surface area contributed by atoms with E-state index in [0.717, 1.165) is 39.6 Å². The van der Waals surface area contributed by atoms with Gasteiger partial charge in [-0.15, -0.1) is 0 Å². The third kappa shape index (κ3) is 803. The molecule has 3 rings (SSSR count). The zero-order valence-electron chi connectivity index (χ0n) is 13.6. The second-order valence-corrected chi connectivity index (χ2v) is 6.85. The number of hydrogen-bond acceptors (Lipinski definition) is 17. The molecule has 22 heteroatoms. The van der Waals surface area contributed by atoms with E-state index in [2.05, 4.69) is 14.2 Å². The third-order valence-electron chi connectivity index (χ3n) is 0.612. The second kappa shape index (κ2) is 33.7. The molecule has 0 saturated carbocycles. The van der Waals surface area contributed by atoms with Crippen molar-refractivity contribution in [1.29, 1.82) is 0 Å². The van der Waals surface area contributed by atoms with Gasteiger partial charge in [0.2, 0.25) is 0 Å². The summed E-state index contributed by atoms with van der Waals surface area (Å²) in [5, 5.41) is 0. The van der Waals surface area contributed by atoms with E-state index in [9.17, 15) is 0 Å². The molecule has 3 aliphatic rings. The van der Waals surface area contributed by atoms with Crippen LogP contribution in [0.1, 0.15) is 0 Å². The van der Waals surface area contributed by atoms with Crippen molar-refractivity contribution in [2.24, 2.45) is 0 Å². The molecule has 0 radical (unpaired) electrons. The fourth-order valence-electron chi connectivity index (χ4n) is 0. The second-order valence-electron chi connectivity index (χ2n) is 2.98. The Morgan fingerprint density at radius 2 is 0.500 bits per heavy atom. The molecular weight excluding hydrogens is 1120 g/mol. The van der Waals surface area contributed by atoms with Crippen LogP contribution in [0.3, 0.4) is 0 Å². The van der Waals surface area contributed by atoms with Gasteiger partial charge in [0.25, 0.3) is 0 Å². The Labute approximate surface area is 202 Å². The van der Waals surface area contributed by atoms with E-state index in [1.165, 1.54) is 0 Å². The first-order valence-electron chi connectivity index (χ1n) is 5.92.